The minimum Gasteiger partial charge on any atom is -0.379 e. The van der Waals surface area contributed by atoms with Gasteiger partial charge in [-0.2, -0.15) is 5.10 Å². The fraction of sp³-hybridized carbons (Fsp3) is 0.750. The van der Waals surface area contributed by atoms with E-state index in [1.165, 1.54) is 0 Å². The monoisotopic (exact) mass is 464 g/mol. The van der Waals surface area contributed by atoms with Gasteiger partial charge < -0.3 is 19.7 Å². The molecule has 0 amide bonds. The molecule has 3 rings (SSSR count). The molecule has 0 aliphatic carbocycles. The van der Waals surface area contributed by atoms with Gasteiger partial charge in [0, 0.05) is 58.6 Å². The van der Waals surface area contributed by atoms with Gasteiger partial charge in [0.15, 0.2) is 5.96 Å². The maximum atomic E-state index is 5.90. The average Bonchev–Trinajstić information content (AvgIpc) is 3.06. The third kappa shape index (κ3) is 5.80. The molecule has 2 saturated heterocycles. The van der Waals surface area contributed by atoms with Gasteiger partial charge in [-0.15, -0.1) is 24.0 Å². The number of hydrogen-bond donors (Lipinski definition) is 1. The normalized spacial score (nSPS) is 22.6. The van der Waals surface area contributed by atoms with E-state index in [1.54, 1.807) is 0 Å². The van der Waals surface area contributed by atoms with Crippen LogP contribution in [0, 0.1) is 0 Å². The van der Waals surface area contributed by atoms with Crippen LogP contribution in [0.3, 0.4) is 0 Å². The van der Waals surface area contributed by atoms with E-state index in [0.29, 0.717) is 6.61 Å². The topological polar surface area (TPSA) is 67.2 Å². The van der Waals surface area contributed by atoms with Crippen molar-refractivity contribution >= 4 is 29.9 Å². The minimum absolute atomic E-state index is 0. The van der Waals surface area contributed by atoms with Gasteiger partial charge in [0.1, 0.15) is 6.10 Å². The summed E-state index contributed by atoms with van der Waals surface area (Å²) >= 11 is 0. The van der Waals surface area contributed by atoms with E-state index >= 15 is 0 Å². The van der Waals surface area contributed by atoms with Crippen LogP contribution in [0.15, 0.2) is 17.4 Å². The molecule has 3 heterocycles. The SMILES string of the molecule is CN=C(NCCN1CCOCC1)N1CCOC(c2cnn(C)c2)C1.I. The Kier molecular flexibility index (Phi) is 8.40. The number of rotatable bonds is 4. The maximum absolute atomic E-state index is 5.90. The van der Waals surface area contributed by atoms with Crippen LogP contribution in [0.25, 0.3) is 0 Å². The number of aryl methyl sites for hydroxylation is 1. The standard InChI is InChI=1S/C16H28N6O2.HI/c1-17-16(18-3-4-21-5-8-23-9-6-21)22-7-10-24-15(13-22)14-11-19-20(2)12-14;/h11-12,15H,3-10,13H2,1-2H3,(H,17,18);1H. The van der Waals surface area contributed by atoms with Crippen molar-refractivity contribution in [1.29, 1.82) is 0 Å². The van der Waals surface area contributed by atoms with Crippen molar-refractivity contribution in [3.63, 3.8) is 0 Å². The summed E-state index contributed by atoms with van der Waals surface area (Å²) in [6, 6.07) is 0. The van der Waals surface area contributed by atoms with Gasteiger partial charge in [0.2, 0.25) is 0 Å². The quantitative estimate of drug-likeness (QED) is 0.394. The summed E-state index contributed by atoms with van der Waals surface area (Å²) < 4.78 is 13.1. The first kappa shape index (κ1) is 20.4. The second-order valence-electron chi connectivity index (χ2n) is 6.18. The highest BCUT2D eigenvalue weighted by Gasteiger charge is 2.25. The Morgan fingerprint density at radius 2 is 2.12 bits per heavy atom. The second kappa shape index (κ2) is 10.3. The van der Waals surface area contributed by atoms with Crippen LogP contribution in [0.1, 0.15) is 11.7 Å². The van der Waals surface area contributed by atoms with Crippen molar-refractivity contribution in [2.75, 3.05) is 66.1 Å². The largest absolute Gasteiger partial charge is 0.379 e. The summed E-state index contributed by atoms with van der Waals surface area (Å²) in [5, 5.41) is 7.72. The summed E-state index contributed by atoms with van der Waals surface area (Å²) in [5.41, 5.74) is 1.12. The number of nitrogens with one attached hydrogen (secondary N) is 1. The Morgan fingerprint density at radius 3 is 2.80 bits per heavy atom. The molecule has 142 valence electrons. The number of hydrogen-bond acceptors (Lipinski definition) is 5. The number of aliphatic imine (C=N–C) groups is 1. The Labute approximate surface area is 166 Å². The Hall–Kier alpha value is -0.910. The van der Waals surface area contributed by atoms with Gasteiger partial charge in [-0.1, -0.05) is 0 Å². The highest BCUT2D eigenvalue weighted by Crippen LogP contribution is 2.21. The van der Waals surface area contributed by atoms with E-state index in [4.69, 9.17) is 9.47 Å². The van der Waals surface area contributed by atoms with Crippen LogP contribution in [-0.4, -0.2) is 91.7 Å². The van der Waals surface area contributed by atoms with Crippen molar-refractivity contribution in [3.8, 4) is 0 Å². The molecule has 9 heteroatoms. The first-order chi connectivity index (χ1) is 11.8. The van der Waals surface area contributed by atoms with Crippen LogP contribution in [0.5, 0.6) is 0 Å². The third-order valence-corrected chi connectivity index (χ3v) is 4.49. The summed E-state index contributed by atoms with van der Waals surface area (Å²) in [6.45, 7) is 7.96. The van der Waals surface area contributed by atoms with Crippen LogP contribution in [0.4, 0.5) is 0 Å². The summed E-state index contributed by atoms with van der Waals surface area (Å²) in [5.74, 6) is 0.945. The molecule has 0 aromatic carbocycles. The molecule has 1 aromatic rings. The minimum atomic E-state index is 0. The fourth-order valence-electron chi connectivity index (χ4n) is 3.13. The molecule has 0 radical (unpaired) electrons. The van der Waals surface area contributed by atoms with E-state index in [0.717, 1.165) is 64.0 Å². The zero-order valence-corrected chi connectivity index (χ0v) is 17.4. The highest BCUT2D eigenvalue weighted by atomic mass is 127. The molecule has 2 aliphatic rings. The van der Waals surface area contributed by atoms with Gasteiger partial charge in [-0.05, 0) is 0 Å². The molecule has 2 fully saturated rings. The van der Waals surface area contributed by atoms with Gasteiger partial charge in [0.05, 0.1) is 32.6 Å². The van der Waals surface area contributed by atoms with Crippen molar-refractivity contribution in [2.24, 2.45) is 12.0 Å². The molecular formula is C16H29IN6O2. The molecule has 0 bridgehead atoms. The van der Waals surface area contributed by atoms with E-state index < -0.39 is 0 Å². The van der Waals surface area contributed by atoms with Crippen LogP contribution in [-0.2, 0) is 16.5 Å². The maximum Gasteiger partial charge on any atom is 0.193 e. The predicted octanol–water partition coefficient (Wildman–Crippen LogP) is 0.319. The fourth-order valence-corrected chi connectivity index (χ4v) is 3.13. The Bertz CT molecular complexity index is 546. The van der Waals surface area contributed by atoms with Gasteiger partial charge >= 0.3 is 0 Å². The lowest BCUT2D eigenvalue weighted by molar-refractivity contribution is -0.00814. The first-order valence-electron chi connectivity index (χ1n) is 8.62. The van der Waals surface area contributed by atoms with Gasteiger partial charge in [-0.3, -0.25) is 14.6 Å². The molecule has 25 heavy (non-hydrogen) atoms. The lowest BCUT2D eigenvalue weighted by atomic mass is 10.1. The molecule has 1 aromatic heterocycles. The predicted molar refractivity (Wildman–Crippen MR) is 108 cm³/mol. The first-order valence-corrected chi connectivity index (χ1v) is 8.62. The average molecular weight is 464 g/mol. The zero-order chi connectivity index (χ0) is 16.8. The summed E-state index contributed by atoms with van der Waals surface area (Å²) in [4.78, 5) is 9.12. The lowest BCUT2D eigenvalue weighted by Gasteiger charge is -2.35. The summed E-state index contributed by atoms with van der Waals surface area (Å²) in [7, 11) is 3.77. The van der Waals surface area contributed by atoms with Crippen LogP contribution in [0.2, 0.25) is 0 Å². The number of aromatic nitrogens is 2. The molecule has 8 nitrogen and oxygen atoms in total. The van der Waals surface area contributed by atoms with Crippen molar-refractivity contribution in [2.45, 2.75) is 6.10 Å². The van der Waals surface area contributed by atoms with Crippen molar-refractivity contribution in [3.05, 3.63) is 18.0 Å². The summed E-state index contributed by atoms with van der Waals surface area (Å²) in [6.07, 6.45) is 3.94. The van der Waals surface area contributed by atoms with Crippen molar-refractivity contribution in [1.82, 2.24) is 24.9 Å². The Balaban J connectivity index is 0.00000225. The van der Waals surface area contributed by atoms with E-state index in [2.05, 4.69) is 25.2 Å². The smallest absolute Gasteiger partial charge is 0.193 e. The Morgan fingerprint density at radius 1 is 1.32 bits per heavy atom. The zero-order valence-electron chi connectivity index (χ0n) is 15.1. The third-order valence-electron chi connectivity index (χ3n) is 4.49. The van der Waals surface area contributed by atoms with Gasteiger partial charge in [-0.25, -0.2) is 0 Å². The second-order valence-corrected chi connectivity index (χ2v) is 6.18. The van der Waals surface area contributed by atoms with Gasteiger partial charge in [0.25, 0.3) is 0 Å². The molecule has 1 unspecified atom stereocenters. The number of guanidine groups is 1. The lowest BCUT2D eigenvalue weighted by Crippen LogP contribution is -2.50. The number of nitrogens with zero attached hydrogens (tertiary/aromatic N) is 5. The van der Waals surface area contributed by atoms with E-state index in [1.807, 2.05) is 31.2 Å². The van der Waals surface area contributed by atoms with Crippen molar-refractivity contribution < 1.29 is 9.47 Å². The molecule has 0 saturated carbocycles. The number of halogens is 1. The molecule has 0 spiro atoms. The van der Waals surface area contributed by atoms with E-state index in [9.17, 15) is 0 Å². The molecule has 1 N–H and O–H groups in total. The van der Waals surface area contributed by atoms with E-state index in [-0.39, 0.29) is 30.1 Å². The van der Waals surface area contributed by atoms with Crippen LogP contribution >= 0.6 is 24.0 Å². The number of morpholine rings is 2. The number of ether oxygens (including phenoxy) is 2. The molecular weight excluding hydrogens is 435 g/mol. The highest BCUT2D eigenvalue weighted by molar-refractivity contribution is 14.0. The van der Waals surface area contributed by atoms with Crippen LogP contribution < -0.4 is 5.32 Å². The molecule has 1 atom stereocenters. The molecule has 2 aliphatic heterocycles.